The molecule has 2 fully saturated rings. The van der Waals surface area contributed by atoms with Crippen molar-refractivity contribution in [3.05, 3.63) is 75.9 Å². The first-order valence-electron chi connectivity index (χ1n) is 13.8. The molecule has 2 aromatic carbocycles. The van der Waals surface area contributed by atoms with Gasteiger partial charge in [-0.2, -0.15) is 0 Å². The van der Waals surface area contributed by atoms with E-state index < -0.39 is 6.04 Å². The van der Waals surface area contributed by atoms with Crippen molar-refractivity contribution >= 4 is 29.4 Å². The maximum Gasteiger partial charge on any atom is 0.254 e. The Hall–Kier alpha value is -3.53. The molecule has 1 aliphatic carbocycles. The van der Waals surface area contributed by atoms with Crippen LogP contribution in [0.2, 0.25) is 5.02 Å². The Bertz CT molecular complexity index is 1410. The summed E-state index contributed by atoms with van der Waals surface area (Å²) in [4.78, 5) is 36.6. The number of carbonyl (C=O) groups is 2. The van der Waals surface area contributed by atoms with Gasteiger partial charge in [0.1, 0.15) is 6.54 Å². The molecule has 10 heteroatoms. The van der Waals surface area contributed by atoms with E-state index >= 15 is 0 Å². The van der Waals surface area contributed by atoms with Gasteiger partial charge in [-0.15, -0.1) is 0 Å². The van der Waals surface area contributed by atoms with Gasteiger partial charge in [-0.05, 0) is 54.4 Å². The van der Waals surface area contributed by atoms with Crippen molar-refractivity contribution in [2.75, 3.05) is 31.7 Å². The molecule has 3 aromatic rings. The number of aromatic nitrogens is 2. The fourth-order valence-corrected chi connectivity index (χ4v) is 5.56. The number of nitrogens with one attached hydrogen (secondary N) is 2. The molecular weight excluding hydrogens is 530 g/mol. The number of carbonyl (C=O) groups excluding carboxylic acids is 2. The topological polar surface area (TPSA) is 117 Å². The molecule has 3 heterocycles. The molecular formula is C30H32ClN5O4. The number of aliphatic hydroxyl groups is 1. The highest BCUT2D eigenvalue weighted by Gasteiger charge is 2.30. The first-order chi connectivity index (χ1) is 19.5. The molecule has 3 aliphatic rings. The van der Waals surface area contributed by atoms with Crippen molar-refractivity contribution in [3.63, 3.8) is 0 Å². The summed E-state index contributed by atoms with van der Waals surface area (Å²) in [5, 5.41) is 16.5. The van der Waals surface area contributed by atoms with E-state index in [2.05, 4.69) is 32.7 Å². The van der Waals surface area contributed by atoms with Crippen molar-refractivity contribution in [2.24, 2.45) is 0 Å². The summed E-state index contributed by atoms with van der Waals surface area (Å²) >= 11 is 6.46. The standard InChI is InChI=1S/C30H32ClN5O4/c31-25-14-32-30(33-23-9-11-40-12-10-23)35-28(25)21-7-8-22-15-36(29(39)24(22)13-21)16-27(38)34-26(17-37)20-5-3-19(4-6-20)18-1-2-18/h3-8,13-14,18,23,26,37H,1-2,9-12,15-17H2,(H,34,38)(H,32,33,35). The van der Waals surface area contributed by atoms with Gasteiger partial charge in [0.15, 0.2) is 0 Å². The Labute approximate surface area is 237 Å². The third-order valence-electron chi connectivity index (χ3n) is 7.80. The van der Waals surface area contributed by atoms with Crippen LogP contribution in [0, 0.1) is 0 Å². The second kappa shape index (κ2) is 11.5. The Kier molecular flexibility index (Phi) is 7.69. The minimum Gasteiger partial charge on any atom is -0.394 e. The first kappa shape index (κ1) is 26.7. The number of benzene rings is 2. The number of ether oxygens (including phenoxy) is 1. The van der Waals surface area contributed by atoms with Gasteiger partial charge in [0, 0.05) is 36.9 Å². The van der Waals surface area contributed by atoms with Crippen molar-refractivity contribution in [1.82, 2.24) is 20.2 Å². The lowest BCUT2D eigenvalue weighted by molar-refractivity contribution is -0.122. The largest absolute Gasteiger partial charge is 0.394 e. The lowest BCUT2D eigenvalue weighted by Crippen LogP contribution is -2.40. The number of rotatable bonds is 9. The van der Waals surface area contributed by atoms with E-state index in [0.717, 1.165) is 24.0 Å². The van der Waals surface area contributed by atoms with Gasteiger partial charge in [0.05, 0.1) is 29.6 Å². The third kappa shape index (κ3) is 5.82. The second-order valence-corrected chi connectivity index (χ2v) is 11.1. The Morgan fingerprint density at radius 1 is 1.12 bits per heavy atom. The van der Waals surface area contributed by atoms with Crippen LogP contribution in [-0.4, -0.2) is 64.2 Å². The smallest absolute Gasteiger partial charge is 0.254 e. The molecule has 3 N–H and O–H groups in total. The van der Waals surface area contributed by atoms with Gasteiger partial charge in [-0.3, -0.25) is 9.59 Å². The molecule has 1 saturated heterocycles. The maximum absolute atomic E-state index is 13.3. The number of hydrogen-bond donors (Lipinski definition) is 3. The minimum absolute atomic E-state index is 0.104. The van der Waals surface area contributed by atoms with Gasteiger partial charge in [0.2, 0.25) is 11.9 Å². The van der Waals surface area contributed by atoms with Gasteiger partial charge in [-0.1, -0.05) is 48.0 Å². The zero-order valence-corrected chi connectivity index (χ0v) is 22.9. The fourth-order valence-electron chi connectivity index (χ4n) is 5.36. The Balaban J connectivity index is 1.11. The van der Waals surface area contributed by atoms with Crippen LogP contribution in [-0.2, 0) is 16.1 Å². The number of amides is 2. The van der Waals surface area contributed by atoms with E-state index in [9.17, 15) is 14.7 Å². The van der Waals surface area contributed by atoms with E-state index in [1.165, 1.54) is 23.3 Å². The van der Waals surface area contributed by atoms with E-state index in [-0.39, 0.29) is 31.0 Å². The van der Waals surface area contributed by atoms with E-state index in [4.69, 9.17) is 16.3 Å². The fraction of sp³-hybridized carbons (Fsp3) is 0.400. The summed E-state index contributed by atoms with van der Waals surface area (Å²) in [6.45, 7) is 1.40. The van der Waals surface area contributed by atoms with Crippen molar-refractivity contribution in [1.29, 1.82) is 0 Å². The summed E-state index contributed by atoms with van der Waals surface area (Å²) < 4.78 is 5.42. The van der Waals surface area contributed by atoms with Gasteiger partial charge < -0.3 is 25.4 Å². The van der Waals surface area contributed by atoms with Crippen LogP contribution < -0.4 is 10.6 Å². The van der Waals surface area contributed by atoms with E-state index in [1.807, 2.05) is 24.3 Å². The van der Waals surface area contributed by atoms with Crippen LogP contribution in [0.25, 0.3) is 11.3 Å². The SMILES string of the molecule is O=C(CN1Cc2ccc(-c3nc(NC4CCOCC4)ncc3Cl)cc2C1=O)NC(CO)c1ccc(C2CC2)cc1. The molecule has 0 spiro atoms. The molecule has 1 saturated carbocycles. The van der Waals surface area contributed by atoms with Crippen LogP contribution in [0.15, 0.2) is 48.7 Å². The molecule has 1 atom stereocenters. The molecule has 2 amide bonds. The van der Waals surface area contributed by atoms with Crippen LogP contribution in [0.3, 0.4) is 0 Å². The Morgan fingerprint density at radius 3 is 2.62 bits per heavy atom. The number of aliphatic hydroxyl groups excluding tert-OH is 1. The zero-order valence-electron chi connectivity index (χ0n) is 22.1. The number of fused-ring (bicyclic) bond motifs is 1. The molecule has 2 aliphatic heterocycles. The summed E-state index contributed by atoms with van der Waals surface area (Å²) in [7, 11) is 0. The zero-order chi connectivity index (χ0) is 27.6. The molecule has 1 aromatic heterocycles. The second-order valence-electron chi connectivity index (χ2n) is 10.7. The van der Waals surface area contributed by atoms with Gasteiger partial charge in [0.25, 0.3) is 5.91 Å². The molecule has 40 heavy (non-hydrogen) atoms. The lowest BCUT2D eigenvalue weighted by Gasteiger charge is -2.23. The maximum atomic E-state index is 13.3. The summed E-state index contributed by atoms with van der Waals surface area (Å²) in [5.74, 6) is 0.569. The average Bonchev–Trinajstić information content (AvgIpc) is 3.78. The summed E-state index contributed by atoms with van der Waals surface area (Å²) in [6.07, 6.45) is 5.75. The molecule has 208 valence electrons. The predicted octanol–water partition coefficient (Wildman–Crippen LogP) is 4.07. The summed E-state index contributed by atoms with van der Waals surface area (Å²) in [5.41, 5.74) is 4.73. The first-order valence-corrected chi connectivity index (χ1v) is 14.2. The van der Waals surface area contributed by atoms with Crippen LogP contribution in [0.1, 0.15) is 64.7 Å². The highest BCUT2D eigenvalue weighted by atomic mass is 35.5. The Morgan fingerprint density at radius 2 is 1.90 bits per heavy atom. The number of halogens is 1. The minimum atomic E-state index is -0.531. The number of nitrogens with zero attached hydrogens (tertiary/aromatic N) is 3. The van der Waals surface area contributed by atoms with E-state index in [0.29, 0.717) is 53.5 Å². The third-order valence-corrected chi connectivity index (χ3v) is 8.08. The highest BCUT2D eigenvalue weighted by molar-refractivity contribution is 6.33. The molecule has 9 nitrogen and oxygen atoms in total. The normalized spacial score (nSPS) is 17.9. The van der Waals surface area contributed by atoms with Crippen LogP contribution in [0.5, 0.6) is 0 Å². The number of hydrogen-bond acceptors (Lipinski definition) is 7. The molecule has 0 bridgehead atoms. The summed E-state index contributed by atoms with van der Waals surface area (Å²) in [6, 6.07) is 13.3. The van der Waals surface area contributed by atoms with Gasteiger partial charge >= 0.3 is 0 Å². The van der Waals surface area contributed by atoms with Crippen LogP contribution in [0.4, 0.5) is 5.95 Å². The van der Waals surface area contributed by atoms with Crippen molar-refractivity contribution < 1.29 is 19.4 Å². The van der Waals surface area contributed by atoms with Crippen molar-refractivity contribution in [3.8, 4) is 11.3 Å². The van der Waals surface area contributed by atoms with Crippen LogP contribution >= 0.6 is 11.6 Å². The molecule has 6 rings (SSSR count). The molecule has 1 unspecified atom stereocenters. The quantitative estimate of drug-likeness (QED) is 0.360. The predicted molar refractivity (Wildman–Crippen MR) is 151 cm³/mol. The van der Waals surface area contributed by atoms with E-state index in [1.54, 1.807) is 12.3 Å². The monoisotopic (exact) mass is 561 g/mol. The highest BCUT2D eigenvalue weighted by Crippen LogP contribution is 2.40. The molecule has 0 radical (unpaired) electrons. The van der Waals surface area contributed by atoms with Gasteiger partial charge in [-0.25, -0.2) is 9.97 Å². The number of anilines is 1. The average molecular weight is 562 g/mol. The lowest BCUT2D eigenvalue weighted by atomic mass is 10.0. The van der Waals surface area contributed by atoms with Crippen molar-refractivity contribution in [2.45, 2.75) is 50.2 Å².